The van der Waals surface area contributed by atoms with Crippen molar-refractivity contribution in [3.05, 3.63) is 0 Å². The van der Waals surface area contributed by atoms with Gasteiger partial charge in [-0.3, -0.25) is 0 Å². The highest BCUT2D eigenvalue weighted by atomic mass is 19.1. The van der Waals surface area contributed by atoms with Gasteiger partial charge in [0.2, 0.25) is 0 Å². The molecule has 1 atom stereocenters. The highest BCUT2D eigenvalue weighted by Crippen LogP contribution is 2.49. The van der Waals surface area contributed by atoms with Crippen LogP contribution in [0.2, 0.25) is 0 Å². The molecule has 1 unspecified atom stereocenters. The van der Waals surface area contributed by atoms with Crippen LogP contribution in [0.25, 0.3) is 0 Å². The van der Waals surface area contributed by atoms with E-state index in [1.807, 2.05) is 0 Å². The molecule has 2 heteroatoms. The summed E-state index contributed by atoms with van der Waals surface area (Å²) in [6, 6.07) is 0. The van der Waals surface area contributed by atoms with Crippen molar-refractivity contribution in [2.24, 2.45) is 5.41 Å². The Labute approximate surface area is 54.8 Å². The first-order chi connectivity index (χ1) is 4.23. The van der Waals surface area contributed by atoms with Gasteiger partial charge in [-0.05, 0) is 19.9 Å². The van der Waals surface area contributed by atoms with Crippen molar-refractivity contribution in [1.29, 1.82) is 0 Å². The molecule has 1 saturated heterocycles. The van der Waals surface area contributed by atoms with Crippen molar-refractivity contribution in [3.63, 3.8) is 0 Å². The summed E-state index contributed by atoms with van der Waals surface area (Å²) < 4.78 is 12.8. The Kier molecular flexibility index (Phi) is 0.933. The highest BCUT2D eigenvalue weighted by molar-refractivity contribution is 5.05. The molecule has 52 valence electrons. The fourth-order valence-electron chi connectivity index (χ4n) is 2.05. The third-order valence-corrected chi connectivity index (χ3v) is 2.73. The predicted octanol–water partition coefficient (Wildman–Crippen LogP) is 1.05. The molecule has 1 spiro atoms. The summed E-state index contributed by atoms with van der Waals surface area (Å²) in [5.41, 5.74) is 0.134. The Balaban J connectivity index is 1.97. The lowest BCUT2D eigenvalue weighted by molar-refractivity contribution is -0.113. The zero-order valence-electron chi connectivity index (χ0n) is 5.73. The third-order valence-electron chi connectivity index (χ3n) is 2.73. The fourth-order valence-corrected chi connectivity index (χ4v) is 2.05. The summed E-state index contributed by atoms with van der Waals surface area (Å²) >= 11 is 0. The molecule has 0 N–H and O–H groups in total. The molecule has 2 aliphatic rings. The van der Waals surface area contributed by atoms with Crippen LogP contribution in [-0.4, -0.2) is 31.2 Å². The largest absolute Gasteiger partial charge is 0.305 e. The summed E-state index contributed by atoms with van der Waals surface area (Å²) in [6.45, 7) is 1.99. The van der Waals surface area contributed by atoms with Crippen molar-refractivity contribution in [2.75, 3.05) is 20.1 Å². The molecule has 1 aliphatic heterocycles. The van der Waals surface area contributed by atoms with Crippen LogP contribution in [0.5, 0.6) is 0 Å². The van der Waals surface area contributed by atoms with Crippen molar-refractivity contribution in [3.8, 4) is 0 Å². The molecule has 1 nitrogen and oxygen atoms in total. The molecular formula is C7H12FN. The Bertz CT molecular complexity index is 129. The Morgan fingerprint density at radius 1 is 1.56 bits per heavy atom. The van der Waals surface area contributed by atoms with Crippen LogP contribution in [0, 0.1) is 5.41 Å². The standard InChI is InChI=1S/C7H12FN/c1-9-4-7(5-9)3-2-6(7)8/h6H,2-5H2,1H3. The van der Waals surface area contributed by atoms with Gasteiger partial charge < -0.3 is 4.90 Å². The van der Waals surface area contributed by atoms with Gasteiger partial charge in [0.25, 0.3) is 0 Å². The maximum absolute atomic E-state index is 12.8. The summed E-state index contributed by atoms with van der Waals surface area (Å²) in [5.74, 6) is 0. The number of hydrogen-bond donors (Lipinski definition) is 0. The summed E-state index contributed by atoms with van der Waals surface area (Å²) in [6.07, 6.45) is 1.46. The van der Waals surface area contributed by atoms with E-state index in [1.165, 1.54) is 0 Å². The molecule has 1 saturated carbocycles. The molecule has 0 bridgehead atoms. The molecular weight excluding hydrogens is 117 g/mol. The van der Waals surface area contributed by atoms with Crippen LogP contribution >= 0.6 is 0 Å². The molecule has 1 aliphatic carbocycles. The van der Waals surface area contributed by atoms with Crippen molar-refractivity contribution in [1.82, 2.24) is 4.90 Å². The number of likely N-dealkylation sites (tertiary alicyclic amines) is 1. The van der Waals surface area contributed by atoms with Gasteiger partial charge in [0.05, 0.1) is 0 Å². The third kappa shape index (κ3) is 0.571. The monoisotopic (exact) mass is 129 g/mol. The van der Waals surface area contributed by atoms with E-state index in [1.54, 1.807) is 0 Å². The minimum atomic E-state index is -0.478. The second-order valence-corrected chi connectivity index (χ2v) is 3.54. The summed E-state index contributed by atoms with van der Waals surface area (Å²) in [7, 11) is 2.05. The lowest BCUT2D eigenvalue weighted by atomic mass is 9.62. The van der Waals surface area contributed by atoms with Crippen molar-refractivity contribution < 1.29 is 4.39 Å². The molecule has 1 heterocycles. The van der Waals surface area contributed by atoms with E-state index in [9.17, 15) is 4.39 Å². The molecule has 0 amide bonds. The predicted molar refractivity (Wildman–Crippen MR) is 34.1 cm³/mol. The average molecular weight is 129 g/mol. The molecule has 0 aromatic heterocycles. The number of alkyl halides is 1. The summed E-state index contributed by atoms with van der Waals surface area (Å²) in [4.78, 5) is 2.19. The Morgan fingerprint density at radius 2 is 2.22 bits per heavy atom. The van der Waals surface area contributed by atoms with Gasteiger partial charge in [-0.25, -0.2) is 4.39 Å². The molecule has 0 aromatic rings. The lowest BCUT2D eigenvalue weighted by Gasteiger charge is -2.56. The van der Waals surface area contributed by atoms with E-state index in [0.29, 0.717) is 0 Å². The number of halogens is 1. The minimum absolute atomic E-state index is 0.134. The maximum Gasteiger partial charge on any atom is 0.108 e. The zero-order chi connectivity index (χ0) is 6.48. The second kappa shape index (κ2) is 1.48. The van der Waals surface area contributed by atoms with E-state index in [-0.39, 0.29) is 5.41 Å². The van der Waals surface area contributed by atoms with Gasteiger partial charge in [0, 0.05) is 18.5 Å². The molecule has 0 aromatic carbocycles. The summed E-state index contributed by atoms with van der Waals surface area (Å²) in [5, 5.41) is 0. The van der Waals surface area contributed by atoms with Gasteiger partial charge in [-0.15, -0.1) is 0 Å². The second-order valence-electron chi connectivity index (χ2n) is 3.54. The fraction of sp³-hybridized carbons (Fsp3) is 1.00. The molecule has 2 fully saturated rings. The van der Waals surface area contributed by atoms with Crippen LogP contribution in [-0.2, 0) is 0 Å². The van der Waals surface area contributed by atoms with Gasteiger partial charge >= 0.3 is 0 Å². The first-order valence-corrected chi connectivity index (χ1v) is 3.56. The van der Waals surface area contributed by atoms with Gasteiger partial charge in [-0.1, -0.05) is 0 Å². The van der Waals surface area contributed by atoms with Crippen LogP contribution < -0.4 is 0 Å². The van der Waals surface area contributed by atoms with Crippen LogP contribution in [0.1, 0.15) is 12.8 Å². The molecule has 9 heavy (non-hydrogen) atoms. The average Bonchev–Trinajstić information content (AvgIpc) is 1.77. The molecule has 2 rings (SSSR count). The first-order valence-electron chi connectivity index (χ1n) is 3.56. The Morgan fingerprint density at radius 3 is 2.33 bits per heavy atom. The molecule has 0 radical (unpaired) electrons. The van der Waals surface area contributed by atoms with E-state index in [2.05, 4.69) is 11.9 Å². The first kappa shape index (κ1) is 5.66. The maximum atomic E-state index is 12.8. The van der Waals surface area contributed by atoms with E-state index in [4.69, 9.17) is 0 Å². The number of nitrogens with zero attached hydrogens (tertiary/aromatic N) is 1. The quantitative estimate of drug-likeness (QED) is 0.472. The van der Waals surface area contributed by atoms with Gasteiger partial charge in [0.15, 0.2) is 0 Å². The minimum Gasteiger partial charge on any atom is -0.305 e. The zero-order valence-corrected chi connectivity index (χ0v) is 5.73. The number of hydrogen-bond acceptors (Lipinski definition) is 1. The SMILES string of the molecule is CN1CC2(CCC2F)C1. The number of rotatable bonds is 0. The van der Waals surface area contributed by atoms with E-state index >= 15 is 0 Å². The van der Waals surface area contributed by atoms with Crippen molar-refractivity contribution in [2.45, 2.75) is 19.0 Å². The lowest BCUT2D eigenvalue weighted by Crippen LogP contribution is -2.64. The smallest absolute Gasteiger partial charge is 0.108 e. The van der Waals surface area contributed by atoms with Crippen molar-refractivity contribution >= 4 is 0 Å². The van der Waals surface area contributed by atoms with Gasteiger partial charge in [-0.2, -0.15) is 0 Å². The van der Waals surface area contributed by atoms with Gasteiger partial charge in [0.1, 0.15) is 6.17 Å². The topological polar surface area (TPSA) is 3.24 Å². The van der Waals surface area contributed by atoms with E-state index in [0.717, 1.165) is 25.9 Å². The van der Waals surface area contributed by atoms with E-state index < -0.39 is 6.17 Å². The normalized spacial score (nSPS) is 40.0. The Hall–Kier alpha value is -0.110. The highest BCUT2D eigenvalue weighted by Gasteiger charge is 2.53. The van der Waals surface area contributed by atoms with Crippen LogP contribution in [0.3, 0.4) is 0 Å². The van der Waals surface area contributed by atoms with Crippen LogP contribution in [0.4, 0.5) is 4.39 Å². The van der Waals surface area contributed by atoms with Crippen LogP contribution in [0.15, 0.2) is 0 Å².